The summed E-state index contributed by atoms with van der Waals surface area (Å²) in [7, 11) is 0. The molecule has 0 aliphatic heterocycles. The van der Waals surface area contributed by atoms with Crippen LogP contribution in [-0.2, 0) is 6.42 Å². The molecule has 1 aromatic carbocycles. The smallest absolute Gasteiger partial charge is 0.109 e. The minimum Gasteiger partial charge on any atom is -0.399 e. The lowest BCUT2D eigenvalue weighted by molar-refractivity contribution is 0.438. The van der Waals surface area contributed by atoms with Crippen LogP contribution < -0.4 is 5.73 Å². The van der Waals surface area contributed by atoms with Crippen LogP contribution in [0, 0.1) is 5.92 Å². The second-order valence-electron chi connectivity index (χ2n) is 5.82. The molecule has 0 bridgehead atoms. The fourth-order valence-electron chi connectivity index (χ4n) is 2.61. The van der Waals surface area contributed by atoms with Gasteiger partial charge in [0.1, 0.15) is 5.82 Å². The third-order valence-corrected chi connectivity index (χ3v) is 3.71. The molecule has 3 nitrogen and oxygen atoms in total. The van der Waals surface area contributed by atoms with Crippen molar-refractivity contribution >= 4 is 16.7 Å². The van der Waals surface area contributed by atoms with Crippen LogP contribution in [-0.4, -0.2) is 9.55 Å². The Bertz CT molecular complexity index is 554. The number of hydrogen-bond acceptors (Lipinski definition) is 2. The van der Waals surface area contributed by atoms with E-state index in [-0.39, 0.29) is 0 Å². The Hall–Kier alpha value is -1.51. The van der Waals surface area contributed by atoms with E-state index in [2.05, 4.69) is 38.3 Å². The molecule has 0 saturated carbocycles. The maximum absolute atomic E-state index is 5.85. The Balaban J connectivity index is 2.39. The van der Waals surface area contributed by atoms with E-state index in [0.717, 1.165) is 29.4 Å². The molecule has 0 fully saturated rings. The number of imidazole rings is 1. The van der Waals surface area contributed by atoms with Crippen LogP contribution in [0.5, 0.6) is 0 Å². The van der Waals surface area contributed by atoms with Crippen molar-refractivity contribution in [2.45, 2.75) is 53.0 Å². The first-order chi connectivity index (χ1) is 9.02. The van der Waals surface area contributed by atoms with Crippen molar-refractivity contribution in [2.24, 2.45) is 5.92 Å². The Morgan fingerprint density at radius 1 is 1.21 bits per heavy atom. The van der Waals surface area contributed by atoms with Gasteiger partial charge in [-0.3, -0.25) is 0 Å². The van der Waals surface area contributed by atoms with Crippen LogP contribution in [0.15, 0.2) is 18.2 Å². The SMILES string of the molecule is CCc1nc2cc(N)ccc2n1C(C)CCC(C)C. The summed E-state index contributed by atoms with van der Waals surface area (Å²) in [6.45, 7) is 9.01. The highest BCUT2D eigenvalue weighted by atomic mass is 15.1. The van der Waals surface area contributed by atoms with E-state index in [1.54, 1.807) is 0 Å². The molecule has 2 aromatic rings. The largest absolute Gasteiger partial charge is 0.399 e. The number of nitrogens with zero attached hydrogens (tertiary/aromatic N) is 2. The average molecular weight is 259 g/mol. The predicted molar refractivity (Wildman–Crippen MR) is 82.3 cm³/mol. The van der Waals surface area contributed by atoms with Crippen molar-refractivity contribution in [3.8, 4) is 0 Å². The number of nitrogen functional groups attached to an aromatic ring is 1. The van der Waals surface area contributed by atoms with Gasteiger partial charge in [0.2, 0.25) is 0 Å². The van der Waals surface area contributed by atoms with Crippen molar-refractivity contribution in [1.29, 1.82) is 0 Å². The van der Waals surface area contributed by atoms with Crippen molar-refractivity contribution < 1.29 is 0 Å². The normalized spacial score (nSPS) is 13.3. The minimum atomic E-state index is 0.492. The zero-order chi connectivity index (χ0) is 14.0. The quantitative estimate of drug-likeness (QED) is 0.819. The summed E-state index contributed by atoms with van der Waals surface area (Å²) in [6, 6.07) is 6.53. The van der Waals surface area contributed by atoms with E-state index in [0.29, 0.717) is 6.04 Å². The van der Waals surface area contributed by atoms with E-state index in [1.807, 2.05) is 12.1 Å². The Kier molecular flexibility index (Phi) is 4.13. The first-order valence-electron chi connectivity index (χ1n) is 7.29. The standard InChI is InChI=1S/C16H25N3/c1-5-16-18-14-10-13(17)8-9-15(14)19(16)12(4)7-6-11(2)3/h8-12H,5-7,17H2,1-4H3. The van der Waals surface area contributed by atoms with E-state index in [9.17, 15) is 0 Å². The number of fused-ring (bicyclic) bond motifs is 1. The van der Waals surface area contributed by atoms with Crippen LogP contribution in [0.3, 0.4) is 0 Å². The Morgan fingerprint density at radius 3 is 2.58 bits per heavy atom. The molecule has 19 heavy (non-hydrogen) atoms. The van der Waals surface area contributed by atoms with E-state index >= 15 is 0 Å². The van der Waals surface area contributed by atoms with Crippen LogP contribution in [0.1, 0.15) is 52.4 Å². The van der Waals surface area contributed by atoms with Gasteiger partial charge in [-0.15, -0.1) is 0 Å². The summed E-state index contributed by atoms with van der Waals surface area (Å²) in [5.74, 6) is 1.91. The maximum atomic E-state index is 5.85. The van der Waals surface area contributed by atoms with E-state index in [4.69, 9.17) is 10.7 Å². The van der Waals surface area contributed by atoms with Crippen LogP contribution >= 0.6 is 0 Å². The van der Waals surface area contributed by atoms with Gasteiger partial charge in [-0.1, -0.05) is 20.8 Å². The summed E-state index contributed by atoms with van der Waals surface area (Å²) in [6.07, 6.45) is 3.40. The van der Waals surface area contributed by atoms with Gasteiger partial charge in [0.25, 0.3) is 0 Å². The lowest BCUT2D eigenvalue weighted by Crippen LogP contribution is -2.10. The molecule has 1 aromatic heterocycles. The number of benzene rings is 1. The van der Waals surface area contributed by atoms with Gasteiger partial charge in [-0.25, -0.2) is 4.98 Å². The number of rotatable bonds is 5. The van der Waals surface area contributed by atoms with Gasteiger partial charge in [0.15, 0.2) is 0 Å². The van der Waals surface area contributed by atoms with Crippen molar-refractivity contribution in [3.63, 3.8) is 0 Å². The highest BCUT2D eigenvalue weighted by Gasteiger charge is 2.15. The Morgan fingerprint density at radius 2 is 1.95 bits per heavy atom. The van der Waals surface area contributed by atoms with Crippen LogP contribution in [0.2, 0.25) is 0 Å². The van der Waals surface area contributed by atoms with Crippen molar-refractivity contribution in [1.82, 2.24) is 9.55 Å². The molecule has 2 rings (SSSR count). The second kappa shape index (κ2) is 5.64. The molecule has 0 radical (unpaired) electrons. The van der Waals surface area contributed by atoms with Crippen molar-refractivity contribution in [3.05, 3.63) is 24.0 Å². The molecular formula is C16H25N3. The molecule has 3 heteroatoms. The molecule has 0 amide bonds. The molecule has 0 aliphatic carbocycles. The number of aromatic nitrogens is 2. The van der Waals surface area contributed by atoms with Gasteiger partial charge in [0, 0.05) is 18.2 Å². The van der Waals surface area contributed by atoms with Crippen LogP contribution in [0.4, 0.5) is 5.69 Å². The second-order valence-corrected chi connectivity index (χ2v) is 5.82. The van der Waals surface area contributed by atoms with Gasteiger partial charge < -0.3 is 10.3 Å². The third-order valence-electron chi connectivity index (χ3n) is 3.71. The highest BCUT2D eigenvalue weighted by molar-refractivity contribution is 5.79. The fourth-order valence-corrected chi connectivity index (χ4v) is 2.61. The number of nitrogens with two attached hydrogens (primary N) is 1. The summed E-state index contributed by atoms with van der Waals surface area (Å²) in [5, 5.41) is 0. The number of aryl methyl sites for hydroxylation is 1. The summed E-state index contributed by atoms with van der Waals surface area (Å²) >= 11 is 0. The predicted octanol–water partition coefficient (Wildman–Crippen LogP) is 4.18. The monoisotopic (exact) mass is 259 g/mol. The average Bonchev–Trinajstić information content (AvgIpc) is 2.73. The number of anilines is 1. The molecule has 0 saturated heterocycles. The topological polar surface area (TPSA) is 43.8 Å². The number of hydrogen-bond donors (Lipinski definition) is 1. The minimum absolute atomic E-state index is 0.492. The van der Waals surface area contributed by atoms with Gasteiger partial charge in [0.05, 0.1) is 11.0 Å². The van der Waals surface area contributed by atoms with E-state index in [1.165, 1.54) is 18.4 Å². The first kappa shape index (κ1) is 13.9. The lowest BCUT2D eigenvalue weighted by atomic mass is 10.0. The first-order valence-corrected chi connectivity index (χ1v) is 7.29. The zero-order valence-corrected chi connectivity index (χ0v) is 12.5. The van der Waals surface area contributed by atoms with Gasteiger partial charge in [-0.05, 0) is 43.9 Å². The molecule has 1 atom stereocenters. The molecule has 0 spiro atoms. The van der Waals surface area contributed by atoms with Gasteiger partial charge in [-0.2, -0.15) is 0 Å². The maximum Gasteiger partial charge on any atom is 0.109 e. The Labute approximate surface area is 115 Å². The van der Waals surface area contributed by atoms with Crippen LogP contribution in [0.25, 0.3) is 11.0 Å². The third kappa shape index (κ3) is 2.91. The summed E-state index contributed by atoms with van der Waals surface area (Å²) in [4.78, 5) is 4.72. The molecule has 0 aliphatic rings. The fraction of sp³-hybridized carbons (Fsp3) is 0.562. The molecule has 2 N–H and O–H groups in total. The molecular weight excluding hydrogens is 234 g/mol. The lowest BCUT2D eigenvalue weighted by Gasteiger charge is -2.18. The summed E-state index contributed by atoms with van der Waals surface area (Å²) < 4.78 is 2.39. The molecule has 104 valence electrons. The van der Waals surface area contributed by atoms with E-state index < -0.39 is 0 Å². The highest BCUT2D eigenvalue weighted by Crippen LogP contribution is 2.26. The molecule has 1 unspecified atom stereocenters. The zero-order valence-electron chi connectivity index (χ0n) is 12.5. The molecule has 1 heterocycles. The van der Waals surface area contributed by atoms with Crippen molar-refractivity contribution in [2.75, 3.05) is 5.73 Å². The van der Waals surface area contributed by atoms with Gasteiger partial charge >= 0.3 is 0 Å². The summed E-state index contributed by atoms with van der Waals surface area (Å²) in [5.41, 5.74) is 8.87.